The van der Waals surface area contributed by atoms with Gasteiger partial charge in [0.1, 0.15) is 18.3 Å². The van der Waals surface area contributed by atoms with Gasteiger partial charge in [-0.3, -0.25) is 9.59 Å². The van der Waals surface area contributed by atoms with E-state index in [-0.39, 0.29) is 36.0 Å². The maximum Gasteiger partial charge on any atom is 0.303 e. The van der Waals surface area contributed by atoms with Gasteiger partial charge in [-0.05, 0) is 25.0 Å². The Bertz CT molecular complexity index is 668. The Morgan fingerprint density at radius 1 is 1.43 bits per heavy atom. The lowest BCUT2D eigenvalue weighted by molar-refractivity contribution is -0.153. The van der Waals surface area contributed by atoms with Gasteiger partial charge in [-0.15, -0.1) is 0 Å². The number of carbonyl (C=O) groups is 3. The maximum atomic E-state index is 12.6. The lowest BCUT2D eigenvalue weighted by Crippen LogP contribution is -2.53. The molecular formula is C17H20O6. The summed E-state index contributed by atoms with van der Waals surface area (Å²) in [5.41, 5.74) is -1.61. The van der Waals surface area contributed by atoms with Crippen LogP contribution in [0.5, 0.6) is 0 Å². The maximum absolute atomic E-state index is 12.6. The normalized spacial score (nSPS) is 53.0. The first kappa shape index (κ1) is 15.0. The van der Waals surface area contributed by atoms with E-state index in [1.165, 1.54) is 6.92 Å². The van der Waals surface area contributed by atoms with Crippen molar-refractivity contribution in [2.45, 2.75) is 63.6 Å². The molecule has 0 radical (unpaired) electrons. The summed E-state index contributed by atoms with van der Waals surface area (Å²) in [6, 6.07) is 0. The highest BCUT2D eigenvalue weighted by atomic mass is 16.6. The molecule has 0 aromatic rings. The van der Waals surface area contributed by atoms with Crippen molar-refractivity contribution < 1.29 is 28.6 Å². The first-order valence-corrected chi connectivity index (χ1v) is 7.94. The average Bonchev–Trinajstić information content (AvgIpc) is 3.36. The van der Waals surface area contributed by atoms with Crippen molar-refractivity contribution in [2.24, 2.45) is 11.3 Å². The molecule has 2 aliphatic heterocycles. The van der Waals surface area contributed by atoms with E-state index in [0.717, 1.165) is 5.57 Å². The molecule has 4 rings (SSSR count). The van der Waals surface area contributed by atoms with E-state index in [1.807, 2.05) is 13.8 Å². The van der Waals surface area contributed by atoms with Crippen LogP contribution in [0.1, 0.15) is 34.1 Å². The third-order valence-corrected chi connectivity index (χ3v) is 6.29. The molecule has 124 valence electrons. The molecule has 23 heavy (non-hydrogen) atoms. The standard InChI is InChI=1S/C17H20O6/c1-8-12(21-9(2)19)14-13(22-14)10-5-11(20)17(6-15(8,10)3)16(4,7-18)23-17/h5,7-8,12-14H,6H2,1-4H3/t8-,12+,13-,14+,15+,16+,17-/m0/s1. The van der Waals surface area contributed by atoms with E-state index in [9.17, 15) is 14.4 Å². The van der Waals surface area contributed by atoms with Gasteiger partial charge in [0.2, 0.25) is 0 Å². The summed E-state index contributed by atoms with van der Waals surface area (Å²) in [7, 11) is 0. The van der Waals surface area contributed by atoms with Gasteiger partial charge in [-0.1, -0.05) is 13.8 Å². The lowest BCUT2D eigenvalue weighted by Gasteiger charge is -2.47. The van der Waals surface area contributed by atoms with Gasteiger partial charge in [0.25, 0.3) is 0 Å². The number of epoxide rings is 2. The predicted octanol–water partition coefficient (Wildman–Crippen LogP) is 0.967. The molecule has 0 amide bonds. The third-order valence-electron chi connectivity index (χ3n) is 6.29. The minimum Gasteiger partial charge on any atom is -0.459 e. The molecule has 7 atom stereocenters. The Morgan fingerprint density at radius 3 is 2.70 bits per heavy atom. The Balaban J connectivity index is 1.74. The van der Waals surface area contributed by atoms with Crippen LogP contribution in [0.4, 0.5) is 0 Å². The van der Waals surface area contributed by atoms with Gasteiger partial charge >= 0.3 is 5.97 Å². The summed E-state index contributed by atoms with van der Waals surface area (Å²) in [6.07, 6.45) is 2.02. The molecule has 0 N–H and O–H groups in total. The highest BCUT2D eigenvalue weighted by Gasteiger charge is 2.77. The van der Waals surface area contributed by atoms with Gasteiger partial charge in [0.15, 0.2) is 23.3 Å². The second-order valence-electron chi connectivity index (χ2n) is 7.60. The molecule has 3 fully saturated rings. The molecule has 1 spiro atoms. The van der Waals surface area contributed by atoms with Crippen molar-refractivity contribution in [1.82, 2.24) is 0 Å². The zero-order chi connectivity index (χ0) is 16.8. The van der Waals surface area contributed by atoms with Crippen LogP contribution >= 0.6 is 0 Å². The molecule has 1 saturated carbocycles. The second kappa shape index (κ2) is 4.11. The van der Waals surface area contributed by atoms with E-state index in [0.29, 0.717) is 12.7 Å². The van der Waals surface area contributed by atoms with Crippen molar-refractivity contribution in [1.29, 1.82) is 0 Å². The number of hydrogen-bond donors (Lipinski definition) is 0. The molecule has 4 aliphatic rings. The smallest absolute Gasteiger partial charge is 0.303 e. The Morgan fingerprint density at radius 2 is 2.13 bits per heavy atom. The monoisotopic (exact) mass is 320 g/mol. The molecule has 6 heteroatoms. The molecule has 2 heterocycles. The summed E-state index contributed by atoms with van der Waals surface area (Å²) in [6.45, 7) is 7.08. The van der Waals surface area contributed by atoms with Gasteiger partial charge < -0.3 is 19.0 Å². The molecule has 2 saturated heterocycles. The van der Waals surface area contributed by atoms with Crippen LogP contribution in [0.3, 0.4) is 0 Å². The zero-order valence-electron chi connectivity index (χ0n) is 13.6. The number of ether oxygens (including phenoxy) is 3. The number of rotatable bonds is 2. The second-order valence-corrected chi connectivity index (χ2v) is 7.60. The molecule has 0 aromatic heterocycles. The summed E-state index contributed by atoms with van der Waals surface area (Å²) in [4.78, 5) is 35.3. The van der Waals surface area contributed by atoms with Crippen molar-refractivity contribution in [3.8, 4) is 0 Å². The number of hydrogen-bond acceptors (Lipinski definition) is 6. The molecule has 2 aliphatic carbocycles. The topological polar surface area (TPSA) is 85.5 Å². The fourth-order valence-corrected chi connectivity index (χ4v) is 4.55. The van der Waals surface area contributed by atoms with Crippen LogP contribution < -0.4 is 0 Å². The zero-order valence-corrected chi connectivity index (χ0v) is 13.6. The number of carbonyl (C=O) groups excluding carboxylic acids is 3. The summed E-state index contributed by atoms with van der Waals surface area (Å²) < 4.78 is 16.8. The average molecular weight is 320 g/mol. The highest BCUT2D eigenvalue weighted by Crippen LogP contribution is 2.65. The van der Waals surface area contributed by atoms with E-state index in [2.05, 4.69) is 0 Å². The number of aldehydes is 1. The van der Waals surface area contributed by atoms with Crippen LogP contribution in [0.2, 0.25) is 0 Å². The van der Waals surface area contributed by atoms with Gasteiger partial charge in [-0.2, -0.15) is 0 Å². The fourth-order valence-electron chi connectivity index (χ4n) is 4.55. The van der Waals surface area contributed by atoms with E-state index in [1.54, 1.807) is 13.0 Å². The first-order chi connectivity index (χ1) is 10.7. The minimum atomic E-state index is -1.08. The molecule has 6 nitrogen and oxygen atoms in total. The third kappa shape index (κ3) is 1.68. The molecule has 0 aromatic carbocycles. The first-order valence-electron chi connectivity index (χ1n) is 7.94. The van der Waals surface area contributed by atoms with Gasteiger partial charge in [0, 0.05) is 18.3 Å². The summed E-state index contributed by atoms with van der Waals surface area (Å²) in [5, 5.41) is 0. The quantitative estimate of drug-likeness (QED) is 0.428. The fraction of sp³-hybridized carbons (Fsp3) is 0.706. The van der Waals surface area contributed by atoms with Crippen molar-refractivity contribution in [3.63, 3.8) is 0 Å². The summed E-state index contributed by atoms with van der Waals surface area (Å²) >= 11 is 0. The van der Waals surface area contributed by atoms with Crippen LogP contribution in [-0.4, -0.2) is 47.6 Å². The Kier molecular flexibility index (Phi) is 2.68. The van der Waals surface area contributed by atoms with Crippen LogP contribution in [0, 0.1) is 11.3 Å². The van der Waals surface area contributed by atoms with Crippen LogP contribution in [-0.2, 0) is 28.6 Å². The number of fused-ring (bicyclic) bond motifs is 3. The van der Waals surface area contributed by atoms with Crippen LogP contribution in [0.15, 0.2) is 11.6 Å². The van der Waals surface area contributed by atoms with Gasteiger partial charge in [-0.25, -0.2) is 0 Å². The van der Waals surface area contributed by atoms with Crippen molar-refractivity contribution in [2.75, 3.05) is 0 Å². The molecular weight excluding hydrogens is 300 g/mol. The van der Waals surface area contributed by atoms with Gasteiger partial charge in [0.05, 0.1) is 0 Å². The number of esters is 1. The largest absolute Gasteiger partial charge is 0.459 e. The van der Waals surface area contributed by atoms with E-state index >= 15 is 0 Å². The van der Waals surface area contributed by atoms with E-state index in [4.69, 9.17) is 14.2 Å². The SMILES string of the molecule is CC(=O)O[C@H]1[C@H]2O[C@H]2C2=CC(=O)[C@]3(C[C@]2(C)[C@H]1C)O[C@]3(C)C=O. The van der Waals surface area contributed by atoms with Crippen LogP contribution in [0.25, 0.3) is 0 Å². The van der Waals surface area contributed by atoms with Crippen molar-refractivity contribution >= 4 is 18.0 Å². The Hall–Kier alpha value is -1.53. The predicted molar refractivity (Wildman–Crippen MR) is 77.5 cm³/mol. The summed E-state index contributed by atoms with van der Waals surface area (Å²) in [5.74, 6) is -0.535. The Labute approximate surface area is 134 Å². The molecule has 0 bridgehead atoms. The number of ketones is 1. The molecule has 0 unspecified atom stereocenters. The highest BCUT2D eigenvalue weighted by molar-refractivity contribution is 6.06. The lowest BCUT2D eigenvalue weighted by atomic mass is 9.56. The van der Waals surface area contributed by atoms with E-state index < -0.39 is 16.6 Å². The van der Waals surface area contributed by atoms with Crippen molar-refractivity contribution in [3.05, 3.63) is 11.6 Å². The minimum absolute atomic E-state index is 0.0357.